The Hall–Kier alpha value is 0.0700. The molecular weight excluding hydrogens is 255 g/mol. The van der Waals surface area contributed by atoms with Crippen molar-refractivity contribution in [1.29, 1.82) is 0 Å². The molecule has 0 aliphatic carbocycles. The molecule has 18 heavy (non-hydrogen) atoms. The number of rotatable bonds is 9. The van der Waals surface area contributed by atoms with Gasteiger partial charge in [0.1, 0.15) is 0 Å². The largest absolute Gasteiger partial charge is 0.469 e. The summed E-state index contributed by atoms with van der Waals surface area (Å²) in [4.78, 5) is 17.1. The summed E-state index contributed by atoms with van der Waals surface area (Å²) in [5.41, 5.74) is 0. The van der Waals surface area contributed by atoms with Gasteiger partial charge in [-0.2, -0.15) is 0 Å². The van der Waals surface area contributed by atoms with E-state index < -0.39 is 7.82 Å². The van der Waals surface area contributed by atoms with Crippen molar-refractivity contribution < 1.29 is 23.6 Å². The van der Waals surface area contributed by atoms with Crippen LogP contribution in [-0.2, 0) is 13.8 Å². The van der Waals surface area contributed by atoms with Crippen molar-refractivity contribution in [3.05, 3.63) is 0 Å². The van der Waals surface area contributed by atoms with E-state index in [1.165, 1.54) is 0 Å². The Kier molecular flexibility index (Phi) is 15.3. The van der Waals surface area contributed by atoms with Gasteiger partial charge in [0.15, 0.2) is 0 Å². The molecule has 0 amide bonds. The highest BCUT2D eigenvalue weighted by Gasteiger charge is 2.20. The van der Waals surface area contributed by atoms with Crippen molar-refractivity contribution >= 4 is 7.82 Å². The normalized spacial score (nSPS) is 12.8. The van der Waals surface area contributed by atoms with Gasteiger partial charge in [-0.3, -0.25) is 4.52 Å². The van der Waals surface area contributed by atoms with Crippen LogP contribution in [0.3, 0.4) is 0 Å². The standard InChI is InChI=1S/C8H19O4P.C4H10O/c1-3-5-6-7-8(4-2)12-13(9,10)11;1-3-5-4-2/h8H,3-7H2,1-2H3,(H2,9,10,11);3-4H2,1-2H3. The molecule has 2 N–H and O–H groups in total. The van der Waals surface area contributed by atoms with E-state index in [1.54, 1.807) is 0 Å². The zero-order chi connectivity index (χ0) is 14.4. The average Bonchev–Trinajstić information content (AvgIpc) is 2.28. The van der Waals surface area contributed by atoms with Crippen molar-refractivity contribution in [3.63, 3.8) is 0 Å². The maximum absolute atomic E-state index is 10.5. The summed E-state index contributed by atoms with van der Waals surface area (Å²) in [6.45, 7) is 9.62. The number of ether oxygens (including phenoxy) is 1. The van der Waals surface area contributed by atoms with Crippen molar-refractivity contribution in [1.82, 2.24) is 0 Å². The molecule has 0 bridgehead atoms. The molecule has 0 aromatic heterocycles. The smallest absolute Gasteiger partial charge is 0.382 e. The Morgan fingerprint density at radius 3 is 1.89 bits per heavy atom. The van der Waals surface area contributed by atoms with Gasteiger partial charge in [0.2, 0.25) is 0 Å². The highest BCUT2D eigenvalue weighted by molar-refractivity contribution is 7.46. The Labute approximate surface area is 111 Å². The zero-order valence-corrected chi connectivity index (χ0v) is 13.0. The van der Waals surface area contributed by atoms with E-state index in [-0.39, 0.29) is 6.10 Å². The van der Waals surface area contributed by atoms with Crippen LogP contribution in [0.25, 0.3) is 0 Å². The van der Waals surface area contributed by atoms with Gasteiger partial charge in [-0.25, -0.2) is 4.57 Å². The van der Waals surface area contributed by atoms with Gasteiger partial charge >= 0.3 is 7.82 Å². The summed E-state index contributed by atoms with van der Waals surface area (Å²) in [7, 11) is -4.29. The maximum Gasteiger partial charge on any atom is 0.469 e. The van der Waals surface area contributed by atoms with Gasteiger partial charge in [0.25, 0.3) is 0 Å². The fraction of sp³-hybridized carbons (Fsp3) is 1.00. The molecule has 6 heteroatoms. The fourth-order valence-corrected chi connectivity index (χ4v) is 1.99. The van der Waals surface area contributed by atoms with Crippen LogP contribution >= 0.6 is 7.82 Å². The van der Waals surface area contributed by atoms with Crippen LogP contribution in [0.2, 0.25) is 0 Å². The highest BCUT2D eigenvalue weighted by Crippen LogP contribution is 2.39. The van der Waals surface area contributed by atoms with E-state index in [2.05, 4.69) is 11.4 Å². The molecule has 1 atom stereocenters. The summed E-state index contributed by atoms with van der Waals surface area (Å²) < 4.78 is 19.9. The van der Waals surface area contributed by atoms with Crippen molar-refractivity contribution in [2.24, 2.45) is 0 Å². The van der Waals surface area contributed by atoms with Gasteiger partial charge in [0.05, 0.1) is 6.10 Å². The summed E-state index contributed by atoms with van der Waals surface area (Å²) in [5, 5.41) is 0. The van der Waals surface area contributed by atoms with Crippen molar-refractivity contribution in [2.75, 3.05) is 13.2 Å². The first kappa shape index (κ1) is 20.4. The molecule has 1 unspecified atom stereocenters. The van der Waals surface area contributed by atoms with Gasteiger partial charge in [-0.1, -0.05) is 33.1 Å². The molecule has 0 saturated carbocycles. The van der Waals surface area contributed by atoms with Gasteiger partial charge in [-0.15, -0.1) is 0 Å². The quantitative estimate of drug-likeness (QED) is 0.500. The predicted molar refractivity (Wildman–Crippen MR) is 73.5 cm³/mol. The molecule has 112 valence electrons. The number of phosphoric ester groups is 1. The molecule has 0 saturated heterocycles. The van der Waals surface area contributed by atoms with E-state index in [1.807, 2.05) is 20.8 Å². The molecule has 0 aliphatic heterocycles. The lowest BCUT2D eigenvalue weighted by atomic mass is 10.1. The van der Waals surface area contributed by atoms with E-state index in [9.17, 15) is 4.57 Å². The predicted octanol–water partition coefficient (Wildman–Crippen LogP) is 3.50. The monoisotopic (exact) mass is 284 g/mol. The summed E-state index contributed by atoms with van der Waals surface area (Å²) >= 11 is 0. The van der Waals surface area contributed by atoms with Gasteiger partial charge in [-0.05, 0) is 26.7 Å². The molecule has 0 heterocycles. The maximum atomic E-state index is 10.5. The number of phosphoric acid groups is 1. The Morgan fingerprint density at radius 1 is 1.06 bits per heavy atom. The summed E-state index contributed by atoms with van der Waals surface area (Å²) in [6.07, 6.45) is 4.24. The van der Waals surface area contributed by atoms with Crippen LogP contribution in [0.4, 0.5) is 0 Å². The summed E-state index contributed by atoms with van der Waals surface area (Å²) in [5.74, 6) is 0. The number of unbranched alkanes of at least 4 members (excludes halogenated alkanes) is 2. The first-order valence-corrected chi connectivity index (χ1v) is 8.25. The van der Waals surface area contributed by atoms with Crippen LogP contribution < -0.4 is 0 Å². The third kappa shape index (κ3) is 18.4. The fourth-order valence-electron chi connectivity index (χ4n) is 1.35. The minimum Gasteiger partial charge on any atom is -0.382 e. The topological polar surface area (TPSA) is 76.0 Å². The second kappa shape index (κ2) is 13.5. The van der Waals surface area contributed by atoms with Crippen LogP contribution in [0.15, 0.2) is 0 Å². The molecular formula is C12H29O5P. The first-order valence-electron chi connectivity index (χ1n) is 6.72. The van der Waals surface area contributed by atoms with Crippen LogP contribution in [0.1, 0.15) is 59.8 Å². The van der Waals surface area contributed by atoms with Crippen LogP contribution in [0, 0.1) is 0 Å². The molecule has 5 nitrogen and oxygen atoms in total. The van der Waals surface area contributed by atoms with E-state index in [4.69, 9.17) is 14.5 Å². The van der Waals surface area contributed by atoms with Gasteiger partial charge in [0, 0.05) is 13.2 Å². The SMILES string of the molecule is CCCCCC(CC)OP(=O)(O)O.CCOCC. The third-order valence-corrected chi connectivity index (χ3v) is 2.85. The number of hydrogen-bond acceptors (Lipinski definition) is 3. The second-order valence-corrected chi connectivity index (χ2v) is 5.10. The summed E-state index contributed by atoms with van der Waals surface area (Å²) in [6, 6.07) is 0. The Morgan fingerprint density at radius 2 is 1.61 bits per heavy atom. The van der Waals surface area contributed by atoms with E-state index in [0.29, 0.717) is 6.42 Å². The molecule has 0 aromatic rings. The lowest BCUT2D eigenvalue weighted by Crippen LogP contribution is -2.09. The molecule has 0 fully saturated rings. The Bertz CT molecular complexity index is 203. The minimum atomic E-state index is -4.29. The molecule has 0 rings (SSSR count). The first-order chi connectivity index (χ1) is 8.41. The Balaban J connectivity index is 0. The number of hydrogen-bond donors (Lipinski definition) is 2. The third-order valence-electron chi connectivity index (χ3n) is 2.28. The van der Waals surface area contributed by atoms with Crippen molar-refractivity contribution in [3.8, 4) is 0 Å². The van der Waals surface area contributed by atoms with E-state index in [0.717, 1.165) is 38.9 Å². The molecule has 0 aliphatic rings. The minimum absolute atomic E-state index is 0.299. The van der Waals surface area contributed by atoms with Crippen LogP contribution in [-0.4, -0.2) is 29.1 Å². The highest BCUT2D eigenvalue weighted by atomic mass is 31.2. The molecule has 0 radical (unpaired) electrons. The zero-order valence-electron chi connectivity index (χ0n) is 12.1. The van der Waals surface area contributed by atoms with Crippen LogP contribution in [0.5, 0.6) is 0 Å². The average molecular weight is 284 g/mol. The van der Waals surface area contributed by atoms with Crippen molar-refractivity contribution in [2.45, 2.75) is 65.9 Å². The molecule has 0 aromatic carbocycles. The van der Waals surface area contributed by atoms with E-state index >= 15 is 0 Å². The second-order valence-electron chi connectivity index (χ2n) is 3.90. The lowest BCUT2D eigenvalue weighted by Gasteiger charge is -2.15. The molecule has 0 spiro atoms. The lowest BCUT2D eigenvalue weighted by molar-refractivity contribution is 0.121. The van der Waals surface area contributed by atoms with Gasteiger partial charge < -0.3 is 14.5 Å².